The van der Waals surface area contributed by atoms with E-state index in [9.17, 15) is 4.79 Å². The van der Waals surface area contributed by atoms with E-state index in [1.54, 1.807) is 13.3 Å². The van der Waals surface area contributed by atoms with E-state index >= 15 is 0 Å². The lowest BCUT2D eigenvalue weighted by atomic mass is 10.0. The SMILES string of the molecule is COCC(=O)N1CC[C@H](c2ccnc3c(Cn4ccnc4C)c(C)nn23)C1. The van der Waals surface area contributed by atoms with E-state index in [4.69, 9.17) is 9.84 Å². The number of fused-ring (bicyclic) bond motifs is 1. The number of nitrogens with zero attached hydrogens (tertiary/aromatic N) is 6. The number of aromatic nitrogens is 5. The van der Waals surface area contributed by atoms with Crippen molar-refractivity contribution in [3.8, 4) is 0 Å². The molecule has 3 aromatic rings. The predicted molar refractivity (Wildman–Crippen MR) is 99.6 cm³/mol. The minimum absolute atomic E-state index is 0.0400. The molecule has 1 atom stereocenters. The Morgan fingerprint density at radius 1 is 1.30 bits per heavy atom. The van der Waals surface area contributed by atoms with E-state index in [-0.39, 0.29) is 18.4 Å². The molecule has 4 rings (SSSR count). The number of methoxy groups -OCH3 is 1. The summed E-state index contributed by atoms with van der Waals surface area (Å²) in [5.74, 6) is 1.25. The van der Waals surface area contributed by atoms with Gasteiger partial charge in [0, 0.05) is 50.3 Å². The first-order valence-electron chi connectivity index (χ1n) is 9.16. The number of amides is 1. The van der Waals surface area contributed by atoms with Crippen LogP contribution in [-0.2, 0) is 16.1 Å². The number of imidazole rings is 1. The third-order valence-electron chi connectivity index (χ3n) is 5.32. The van der Waals surface area contributed by atoms with Gasteiger partial charge in [-0.3, -0.25) is 4.79 Å². The first-order chi connectivity index (χ1) is 13.1. The molecule has 0 bridgehead atoms. The lowest BCUT2D eigenvalue weighted by molar-refractivity contribution is -0.134. The number of hydrogen-bond donors (Lipinski definition) is 0. The van der Waals surface area contributed by atoms with E-state index in [0.29, 0.717) is 13.1 Å². The molecule has 1 fully saturated rings. The Kier molecular flexibility index (Phi) is 4.65. The van der Waals surface area contributed by atoms with Crippen LogP contribution in [0.2, 0.25) is 0 Å². The molecule has 4 heterocycles. The van der Waals surface area contributed by atoms with E-state index in [1.807, 2.05) is 41.7 Å². The average Bonchev–Trinajstić information content (AvgIpc) is 3.36. The Morgan fingerprint density at radius 3 is 2.89 bits per heavy atom. The van der Waals surface area contributed by atoms with Crippen LogP contribution in [0.15, 0.2) is 24.7 Å². The second-order valence-electron chi connectivity index (χ2n) is 7.03. The van der Waals surface area contributed by atoms with Crippen molar-refractivity contribution in [3.63, 3.8) is 0 Å². The van der Waals surface area contributed by atoms with Crippen LogP contribution in [0.3, 0.4) is 0 Å². The zero-order chi connectivity index (χ0) is 19.0. The molecule has 0 aromatic carbocycles. The molecule has 0 unspecified atom stereocenters. The first-order valence-corrected chi connectivity index (χ1v) is 9.16. The van der Waals surface area contributed by atoms with Crippen LogP contribution in [0.25, 0.3) is 5.65 Å². The second kappa shape index (κ2) is 7.11. The quantitative estimate of drug-likeness (QED) is 0.683. The van der Waals surface area contributed by atoms with Crippen LogP contribution in [-0.4, -0.2) is 61.8 Å². The summed E-state index contributed by atoms with van der Waals surface area (Å²) in [7, 11) is 1.55. The van der Waals surface area contributed by atoms with Crippen LogP contribution in [0.5, 0.6) is 0 Å². The molecule has 0 saturated carbocycles. The van der Waals surface area contributed by atoms with Gasteiger partial charge in [-0.05, 0) is 26.3 Å². The molecule has 1 aliphatic heterocycles. The minimum Gasteiger partial charge on any atom is -0.375 e. The van der Waals surface area contributed by atoms with Crippen LogP contribution >= 0.6 is 0 Å². The first kappa shape index (κ1) is 17.7. The third kappa shape index (κ3) is 3.21. The Labute approximate surface area is 157 Å². The maximum atomic E-state index is 12.1. The second-order valence-corrected chi connectivity index (χ2v) is 7.03. The van der Waals surface area contributed by atoms with Crippen LogP contribution in [0.4, 0.5) is 0 Å². The Morgan fingerprint density at radius 2 is 2.15 bits per heavy atom. The van der Waals surface area contributed by atoms with Gasteiger partial charge in [-0.25, -0.2) is 14.5 Å². The molecule has 8 heteroatoms. The van der Waals surface area contributed by atoms with Crippen molar-refractivity contribution in [2.45, 2.75) is 32.7 Å². The van der Waals surface area contributed by atoms with E-state index < -0.39 is 0 Å². The zero-order valence-electron chi connectivity index (χ0n) is 15.9. The van der Waals surface area contributed by atoms with E-state index in [2.05, 4.69) is 14.5 Å². The summed E-state index contributed by atoms with van der Waals surface area (Å²) in [5, 5.41) is 4.77. The van der Waals surface area contributed by atoms with Crippen molar-refractivity contribution in [2.24, 2.45) is 0 Å². The molecule has 0 spiro atoms. The summed E-state index contributed by atoms with van der Waals surface area (Å²) in [5.41, 5.74) is 4.04. The highest BCUT2D eigenvalue weighted by Gasteiger charge is 2.29. The fourth-order valence-corrected chi connectivity index (χ4v) is 3.79. The number of likely N-dealkylation sites (tertiary alicyclic amines) is 1. The summed E-state index contributed by atoms with van der Waals surface area (Å²) >= 11 is 0. The molecule has 0 radical (unpaired) electrons. The molecular formula is C19H24N6O2. The van der Waals surface area contributed by atoms with Gasteiger partial charge < -0.3 is 14.2 Å². The van der Waals surface area contributed by atoms with Gasteiger partial charge in [-0.15, -0.1) is 0 Å². The van der Waals surface area contributed by atoms with E-state index in [0.717, 1.165) is 41.4 Å². The van der Waals surface area contributed by atoms with E-state index in [1.165, 1.54) is 0 Å². The molecule has 3 aromatic heterocycles. The lowest BCUT2D eigenvalue weighted by Gasteiger charge is -2.16. The topological polar surface area (TPSA) is 77.5 Å². The van der Waals surface area contributed by atoms with Crippen molar-refractivity contribution < 1.29 is 9.53 Å². The van der Waals surface area contributed by atoms with Crippen molar-refractivity contribution in [2.75, 3.05) is 26.8 Å². The molecule has 0 aliphatic carbocycles. The minimum atomic E-state index is 0.0400. The van der Waals surface area contributed by atoms with Gasteiger partial charge in [-0.2, -0.15) is 5.10 Å². The maximum absolute atomic E-state index is 12.1. The van der Waals surface area contributed by atoms with Crippen molar-refractivity contribution >= 4 is 11.6 Å². The fraction of sp³-hybridized carbons (Fsp3) is 0.474. The van der Waals surface area contributed by atoms with Gasteiger partial charge in [0.2, 0.25) is 5.91 Å². The zero-order valence-corrected chi connectivity index (χ0v) is 15.9. The Balaban J connectivity index is 1.65. The van der Waals surface area contributed by atoms with Crippen LogP contribution in [0, 0.1) is 13.8 Å². The smallest absolute Gasteiger partial charge is 0.248 e. The predicted octanol–water partition coefficient (Wildman–Crippen LogP) is 1.55. The summed E-state index contributed by atoms with van der Waals surface area (Å²) in [4.78, 5) is 22.9. The van der Waals surface area contributed by atoms with Crippen LogP contribution < -0.4 is 0 Å². The van der Waals surface area contributed by atoms with Crippen LogP contribution in [0.1, 0.15) is 35.1 Å². The number of rotatable bonds is 5. The highest BCUT2D eigenvalue weighted by molar-refractivity contribution is 5.77. The summed E-state index contributed by atoms with van der Waals surface area (Å²) in [6, 6.07) is 2.01. The fourth-order valence-electron chi connectivity index (χ4n) is 3.79. The largest absolute Gasteiger partial charge is 0.375 e. The molecule has 0 N–H and O–H groups in total. The van der Waals surface area contributed by atoms with Gasteiger partial charge in [-0.1, -0.05) is 0 Å². The average molecular weight is 368 g/mol. The Hall–Kier alpha value is -2.74. The number of ether oxygens (including phenoxy) is 1. The standard InChI is InChI=1S/C19H24N6O2/c1-13-16(11-23-9-7-20-14(23)2)19-21-6-4-17(25(19)22-13)15-5-8-24(10-15)18(26)12-27-3/h4,6-7,9,15H,5,8,10-12H2,1-3H3/t15-/m0/s1. The molecular weight excluding hydrogens is 344 g/mol. The third-order valence-corrected chi connectivity index (χ3v) is 5.32. The normalized spacial score (nSPS) is 17.1. The summed E-state index contributed by atoms with van der Waals surface area (Å²) in [6.45, 7) is 6.27. The molecule has 1 aliphatic rings. The Bertz CT molecular complexity index is 976. The number of aryl methyl sites for hydroxylation is 2. The van der Waals surface area contributed by atoms with Gasteiger partial charge in [0.15, 0.2) is 5.65 Å². The highest BCUT2D eigenvalue weighted by Crippen LogP contribution is 2.28. The molecule has 8 nitrogen and oxygen atoms in total. The summed E-state index contributed by atoms with van der Waals surface area (Å²) < 4.78 is 9.03. The number of carbonyl (C=O) groups excluding carboxylic acids is 1. The lowest BCUT2D eigenvalue weighted by Crippen LogP contribution is -2.31. The van der Waals surface area contributed by atoms with Crippen molar-refractivity contribution in [1.29, 1.82) is 0 Å². The molecule has 1 saturated heterocycles. The molecule has 1 amide bonds. The van der Waals surface area contributed by atoms with Gasteiger partial charge in [0.1, 0.15) is 12.4 Å². The summed E-state index contributed by atoms with van der Waals surface area (Å²) in [6.07, 6.45) is 6.54. The van der Waals surface area contributed by atoms with Crippen molar-refractivity contribution in [3.05, 3.63) is 47.4 Å². The van der Waals surface area contributed by atoms with Crippen molar-refractivity contribution in [1.82, 2.24) is 29.0 Å². The highest BCUT2D eigenvalue weighted by atomic mass is 16.5. The molecule has 142 valence electrons. The monoisotopic (exact) mass is 368 g/mol. The van der Waals surface area contributed by atoms with Gasteiger partial charge in [0.25, 0.3) is 0 Å². The molecule has 27 heavy (non-hydrogen) atoms. The van der Waals surface area contributed by atoms with Gasteiger partial charge in [0.05, 0.1) is 17.9 Å². The maximum Gasteiger partial charge on any atom is 0.248 e. The van der Waals surface area contributed by atoms with Gasteiger partial charge >= 0.3 is 0 Å². The number of hydrogen-bond acceptors (Lipinski definition) is 5. The number of carbonyl (C=O) groups is 1.